The number of nitrogens with one attached hydrogen (secondary N) is 1. The summed E-state index contributed by atoms with van der Waals surface area (Å²) in [7, 11) is 0. The van der Waals surface area contributed by atoms with Gasteiger partial charge in [-0.1, -0.05) is 29.3 Å². The first-order chi connectivity index (χ1) is 9.52. The maximum absolute atomic E-state index is 12.1. The number of hydrogen-bond donors (Lipinski definition) is 1. The molecule has 0 radical (unpaired) electrons. The molecule has 1 N–H and O–H groups in total. The van der Waals surface area contributed by atoms with Gasteiger partial charge in [0.15, 0.2) is 0 Å². The topological polar surface area (TPSA) is 32.3 Å². The van der Waals surface area contributed by atoms with Gasteiger partial charge in [0.25, 0.3) is 0 Å². The van der Waals surface area contributed by atoms with Crippen LogP contribution in [0.25, 0.3) is 0 Å². The van der Waals surface area contributed by atoms with Crippen molar-refractivity contribution >= 4 is 29.1 Å². The highest BCUT2D eigenvalue weighted by Crippen LogP contribution is 2.27. The van der Waals surface area contributed by atoms with E-state index in [2.05, 4.69) is 5.32 Å². The molecule has 110 valence electrons. The van der Waals surface area contributed by atoms with Crippen molar-refractivity contribution in [1.29, 1.82) is 0 Å². The van der Waals surface area contributed by atoms with Crippen LogP contribution < -0.4 is 5.32 Å². The molecular formula is C15H20Cl2N2O. The van der Waals surface area contributed by atoms with Gasteiger partial charge in [-0.05, 0) is 44.4 Å². The molecule has 0 bridgehead atoms. The smallest absolute Gasteiger partial charge is 0.236 e. The van der Waals surface area contributed by atoms with Gasteiger partial charge >= 0.3 is 0 Å². The number of benzene rings is 1. The van der Waals surface area contributed by atoms with Gasteiger partial charge in [-0.2, -0.15) is 0 Å². The molecule has 3 nitrogen and oxygen atoms in total. The Morgan fingerprint density at radius 2 is 2.15 bits per heavy atom. The molecule has 1 aliphatic carbocycles. The fourth-order valence-corrected chi connectivity index (χ4v) is 2.90. The molecule has 2 rings (SSSR count). The number of likely N-dealkylation sites (N-methyl/N-ethyl adjacent to an activating group) is 1. The highest BCUT2D eigenvalue weighted by atomic mass is 35.5. The molecule has 20 heavy (non-hydrogen) atoms. The average molecular weight is 315 g/mol. The predicted octanol–water partition coefficient (Wildman–Crippen LogP) is 3.65. The molecular weight excluding hydrogens is 295 g/mol. The van der Waals surface area contributed by atoms with Gasteiger partial charge in [0.2, 0.25) is 5.91 Å². The molecule has 0 heterocycles. The molecule has 0 spiro atoms. The minimum Gasteiger partial charge on any atom is -0.339 e. The van der Waals surface area contributed by atoms with E-state index in [0.717, 1.165) is 24.9 Å². The van der Waals surface area contributed by atoms with Crippen LogP contribution in [0.3, 0.4) is 0 Å². The standard InChI is InChI=1S/C15H20Cl2N2O/c1-3-19(12-5-6-12)15(20)9-18-10(2)13-7-4-11(16)8-14(13)17/h4,7-8,10,12,18H,3,5-6,9H2,1-2H3. The van der Waals surface area contributed by atoms with E-state index < -0.39 is 0 Å². The summed E-state index contributed by atoms with van der Waals surface area (Å²) in [6, 6.07) is 5.91. The van der Waals surface area contributed by atoms with Crippen molar-refractivity contribution in [1.82, 2.24) is 10.2 Å². The van der Waals surface area contributed by atoms with Crippen LogP contribution in [0.4, 0.5) is 0 Å². The van der Waals surface area contributed by atoms with Crippen molar-refractivity contribution < 1.29 is 4.79 Å². The maximum atomic E-state index is 12.1. The first-order valence-electron chi connectivity index (χ1n) is 7.00. The van der Waals surface area contributed by atoms with Crippen molar-refractivity contribution in [3.63, 3.8) is 0 Å². The van der Waals surface area contributed by atoms with Gasteiger partial charge < -0.3 is 10.2 Å². The zero-order chi connectivity index (χ0) is 14.7. The quantitative estimate of drug-likeness (QED) is 0.869. The molecule has 5 heteroatoms. The molecule has 1 saturated carbocycles. The first-order valence-corrected chi connectivity index (χ1v) is 7.76. The fourth-order valence-electron chi connectivity index (χ4n) is 2.33. The Bertz CT molecular complexity index is 489. The highest BCUT2D eigenvalue weighted by molar-refractivity contribution is 6.35. The Kier molecular flexibility index (Phi) is 5.30. The molecule has 0 saturated heterocycles. The Labute approximate surface area is 130 Å². The van der Waals surface area contributed by atoms with Crippen molar-refractivity contribution in [2.24, 2.45) is 0 Å². The Morgan fingerprint density at radius 1 is 1.45 bits per heavy atom. The third-order valence-electron chi connectivity index (χ3n) is 3.64. The number of carbonyl (C=O) groups excluding carboxylic acids is 1. The van der Waals surface area contributed by atoms with Crippen LogP contribution in [-0.4, -0.2) is 29.9 Å². The van der Waals surface area contributed by atoms with Crippen LogP contribution in [0.2, 0.25) is 10.0 Å². The van der Waals surface area contributed by atoms with E-state index in [9.17, 15) is 4.79 Å². The van der Waals surface area contributed by atoms with Crippen molar-refractivity contribution in [2.45, 2.75) is 38.8 Å². The molecule has 0 aliphatic heterocycles. The van der Waals surface area contributed by atoms with Crippen LogP contribution in [-0.2, 0) is 4.79 Å². The monoisotopic (exact) mass is 314 g/mol. The summed E-state index contributed by atoms with van der Waals surface area (Å²) in [5.74, 6) is 0.159. The van der Waals surface area contributed by atoms with Gasteiger partial charge in [0, 0.05) is 28.7 Å². The summed E-state index contributed by atoms with van der Waals surface area (Å²) < 4.78 is 0. The Hall–Kier alpha value is -0.770. The number of halogens is 2. The zero-order valence-corrected chi connectivity index (χ0v) is 13.3. The third kappa shape index (κ3) is 3.87. The maximum Gasteiger partial charge on any atom is 0.236 e. The third-order valence-corrected chi connectivity index (χ3v) is 4.20. The molecule has 1 amide bonds. The van der Waals surface area contributed by atoms with Crippen molar-refractivity contribution in [3.8, 4) is 0 Å². The lowest BCUT2D eigenvalue weighted by atomic mass is 10.1. The summed E-state index contributed by atoms with van der Waals surface area (Å²) in [6.07, 6.45) is 2.27. The lowest BCUT2D eigenvalue weighted by molar-refractivity contribution is -0.130. The van der Waals surface area contributed by atoms with Crippen molar-refractivity contribution in [2.75, 3.05) is 13.1 Å². The van der Waals surface area contributed by atoms with Gasteiger partial charge in [0.1, 0.15) is 0 Å². The van der Waals surface area contributed by atoms with E-state index in [1.54, 1.807) is 6.07 Å². The summed E-state index contributed by atoms with van der Waals surface area (Å²) >= 11 is 12.1. The number of hydrogen-bond acceptors (Lipinski definition) is 2. The van der Waals surface area contributed by atoms with Crippen LogP contribution in [0.1, 0.15) is 38.3 Å². The molecule has 0 aromatic heterocycles. The molecule has 1 atom stereocenters. The summed E-state index contributed by atoms with van der Waals surface area (Å²) in [5, 5.41) is 4.48. The zero-order valence-electron chi connectivity index (χ0n) is 11.8. The average Bonchev–Trinajstić information content (AvgIpc) is 3.21. The summed E-state index contributed by atoms with van der Waals surface area (Å²) in [4.78, 5) is 14.1. The van der Waals surface area contributed by atoms with Crippen LogP contribution in [0, 0.1) is 0 Å². The van der Waals surface area contributed by atoms with Gasteiger partial charge in [-0.15, -0.1) is 0 Å². The van der Waals surface area contributed by atoms with Gasteiger partial charge in [0.05, 0.1) is 6.54 Å². The summed E-state index contributed by atoms with van der Waals surface area (Å²) in [6.45, 7) is 5.14. The number of nitrogens with zero attached hydrogens (tertiary/aromatic N) is 1. The lowest BCUT2D eigenvalue weighted by Crippen LogP contribution is -2.40. The largest absolute Gasteiger partial charge is 0.339 e. The van der Waals surface area contributed by atoms with Gasteiger partial charge in [-0.25, -0.2) is 0 Å². The van der Waals surface area contributed by atoms with Crippen LogP contribution in [0.5, 0.6) is 0 Å². The molecule has 1 unspecified atom stereocenters. The lowest BCUT2D eigenvalue weighted by Gasteiger charge is -2.22. The highest BCUT2D eigenvalue weighted by Gasteiger charge is 2.31. The second-order valence-corrected chi connectivity index (χ2v) is 6.02. The molecule has 1 aromatic carbocycles. The van der Waals surface area contributed by atoms with E-state index >= 15 is 0 Å². The van der Waals surface area contributed by atoms with E-state index in [1.807, 2.05) is 30.9 Å². The number of carbonyl (C=O) groups is 1. The normalized spacial score (nSPS) is 16.0. The second-order valence-electron chi connectivity index (χ2n) is 5.18. The van der Waals surface area contributed by atoms with E-state index in [0.29, 0.717) is 22.6 Å². The van der Waals surface area contributed by atoms with Crippen LogP contribution in [0.15, 0.2) is 18.2 Å². The van der Waals surface area contributed by atoms with E-state index in [-0.39, 0.29) is 11.9 Å². The number of rotatable bonds is 6. The Morgan fingerprint density at radius 3 is 2.70 bits per heavy atom. The molecule has 1 aliphatic rings. The van der Waals surface area contributed by atoms with Gasteiger partial charge in [-0.3, -0.25) is 4.79 Å². The first kappa shape index (κ1) is 15.6. The minimum absolute atomic E-state index is 0.0154. The van der Waals surface area contributed by atoms with Crippen molar-refractivity contribution in [3.05, 3.63) is 33.8 Å². The number of amides is 1. The SMILES string of the molecule is CCN(C(=O)CNC(C)c1ccc(Cl)cc1Cl)C1CC1. The second kappa shape index (κ2) is 6.79. The predicted molar refractivity (Wildman–Crippen MR) is 83.3 cm³/mol. The minimum atomic E-state index is 0.0154. The van der Waals surface area contributed by atoms with E-state index in [1.165, 1.54) is 0 Å². The van der Waals surface area contributed by atoms with Crippen LogP contribution >= 0.6 is 23.2 Å². The summed E-state index contributed by atoms with van der Waals surface area (Å²) in [5.41, 5.74) is 0.957. The fraction of sp³-hybridized carbons (Fsp3) is 0.533. The Balaban J connectivity index is 1.91. The van der Waals surface area contributed by atoms with E-state index in [4.69, 9.17) is 23.2 Å². The molecule has 1 aromatic rings. The molecule has 1 fully saturated rings.